The molecule has 1 aliphatic rings. The molecule has 3 unspecified atom stereocenters. The van der Waals surface area contributed by atoms with E-state index >= 15 is 0 Å². The van der Waals surface area contributed by atoms with Crippen LogP contribution < -0.4 is 0 Å². The molecule has 0 spiro atoms. The standard InChI is InChI=1S/C8H16O3.C6H8O4.C5H12O.2CH4/c1-3-4-5-6-11-8(10)7(2)9;1-3-5(7)10-4(2)6(8)9-3;1-2-3-4-5-6;;/h7,9H,3-6H2,1-2H3;3-4H,1-2H3;6H,2-5H2,1H3;2*1H4. The topological polar surface area (TPSA) is 119 Å². The highest BCUT2D eigenvalue weighted by atomic mass is 16.6. The molecule has 29 heavy (non-hydrogen) atoms. The highest BCUT2D eigenvalue weighted by Gasteiger charge is 2.32. The molecule has 0 aromatic rings. The van der Waals surface area contributed by atoms with Crippen molar-refractivity contribution in [2.24, 2.45) is 0 Å². The first-order valence-corrected chi connectivity index (χ1v) is 9.57. The Kier molecular flexibility index (Phi) is 27.1. The van der Waals surface area contributed by atoms with Crippen LogP contribution in [0.1, 0.15) is 88.0 Å². The summed E-state index contributed by atoms with van der Waals surface area (Å²) < 4.78 is 13.9. The van der Waals surface area contributed by atoms with Crippen molar-refractivity contribution in [1.29, 1.82) is 0 Å². The van der Waals surface area contributed by atoms with Gasteiger partial charge in [0.1, 0.15) is 6.10 Å². The van der Waals surface area contributed by atoms with Crippen LogP contribution in [0.2, 0.25) is 0 Å². The van der Waals surface area contributed by atoms with Gasteiger partial charge in [-0.3, -0.25) is 0 Å². The van der Waals surface area contributed by atoms with E-state index in [1.54, 1.807) is 0 Å². The van der Waals surface area contributed by atoms with Crippen LogP contribution >= 0.6 is 0 Å². The number of esters is 3. The second kappa shape index (κ2) is 22.6. The van der Waals surface area contributed by atoms with Crippen molar-refractivity contribution in [3.05, 3.63) is 0 Å². The molecule has 176 valence electrons. The number of aliphatic hydroxyl groups excluding tert-OH is 2. The molecule has 0 bridgehead atoms. The van der Waals surface area contributed by atoms with Gasteiger partial charge in [0.2, 0.25) is 0 Å². The van der Waals surface area contributed by atoms with Gasteiger partial charge in [-0.05, 0) is 33.6 Å². The summed E-state index contributed by atoms with van der Waals surface area (Å²) in [5.41, 5.74) is 0. The molecule has 8 nitrogen and oxygen atoms in total. The lowest BCUT2D eigenvalue weighted by molar-refractivity contribution is -0.191. The molecule has 1 heterocycles. The third-order valence-electron chi connectivity index (χ3n) is 3.34. The minimum Gasteiger partial charge on any atom is -0.464 e. The van der Waals surface area contributed by atoms with E-state index in [2.05, 4.69) is 23.3 Å². The van der Waals surface area contributed by atoms with Crippen molar-refractivity contribution < 1.29 is 38.8 Å². The summed E-state index contributed by atoms with van der Waals surface area (Å²) in [4.78, 5) is 31.9. The number of cyclic esters (lactones) is 2. The molecule has 1 aliphatic heterocycles. The van der Waals surface area contributed by atoms with Crippen LogP contribution in [0.5, 0.6) is 0 Å². The molecule has 0 aliphatic carbocycles. The molecule has 8 heteroatoms. The van der Waals surface area contributed by atoms with Gasteiger partial charge in [-0.25, -0.2) is 14.4 Å². The van der Waals surface area contributed by atoms with Crippen molar-refractivity contribution in [2.45, 2.75) is 106 Å². The first kappa shape index (κ1) is 34.8. The fourth-order valence-electron chi connectivity index (χ4n) is 1.64. The van der Waals surface area contributed by atoms with Gasteiger partial charge in [-0.2, -0.15) is 0 Å². The molecule has 1 saturated heterocycles. The Morgan fingerprint density at radius 1 is 0.966 bits per heavy atom. The second-order valence-corrected chi connectivity index (χ2v) is 6.14. The fraction of sp³-hybridized carbons (Fsp3) is 0.857. The largest absolute Gasteiger partial charge is 0.464 e. The maximum Gasteiger partial charge on any atom is 0.347 e. The molecule has 1 rings (SSSR count). The Bertz CT molecular complexity index is 385. The molecular formula is C21H44O8. The predicted molar refractivity (Wildman–Crippen MR) is 113 cm³/mol. The lowest BCUT2D eigenvalue weighted by atomic mass is 10.3. The fourth-order valence-corrected chi connectivity index (χ4v) is 1.64. The number of carbonyl (C=O) groups excluding carboxylic acids is 3. The molecule has 1 fully saturated rings. The van der Waals surface area contributed by atoms with Crippen LogP contribution in [-0.4, -0.2) is 59.6 Å². The molecule has 0 radical (unpaired) electrons. The van der Waals surface area contributed by atoms with Crippen LogP contribution in [-0.2, 0) is 28.6 Å². The summed E-state index contributed by atoms with van der Waals surface area (Å²) in [6.45, 7) is 9.35. The molecule has 0 aromatic heterocycles. The first-order valence-electron chi connectivity index (χ1n) is 9.57. The third-order valence-corrected chi connectivity index (χ3v) is 3.34. The average Bonchev–Trinajstić information content (AvgIpc) is 2.62. The number of unbranched alkanes of at least 4 members (excludes halogenated alkanes) is 4. The molecule has 0 saturated carbocycles. The maximum absolute atomic E-state index is 10.7. The van der Waals surface area contributed by atoms with E-state index in [0.29, 0.717) is 13.2 Å². The molecule has 0 aromatic carbocycles. The summed E-state index contributed by atoms with van der Waals surface area (Å²) in [7, 11) is 0. The van der Waals surface area contributed by atoms with E-state index in [0.717, 1.165) is 32.1 Å². The van der Waals surface area contributed by atoms with Crippen molar-refractivity contribution in [1.82, 2.24) is 0 Å². The lowest BCUT2D eigenvalue weighted by Gasteiger charge is -2.22. The Hall–Kier alpha value is -1.67. The van der Waals surface area contributed by atoms with Gasteiger partial charge < -0.3 is 24.4 Å². The number of carbonyl (C=O) groups is 3. The summed E-state index contributed by atoms with van der Waals surface area (Å²) in [6, 6.07) is 0. The predicted octanol–water partition coefficient (Wildman–Crippen LogP) is 3.41. The smallest absolute Gasteiger partial charge is 0.347 e. The highest BCUT2D eigenvalue weighted by molar-refractivity contribution is 5.86. The highest BCUT2D eigenvalue weighted by Crippen LogP contribution is 2.08. The lowest BCUT2D eigenvalue weighted by Crippen LogP contribution is -2.40. The first-order chi connectivity index (χ1) is 12.7. The number of hydrogen-bond donors (Lipinski definition) is 2. The summed E-state index contributed by atoms with van der Waals surface area (Å²) >= 11 is 0. The van der Waals surface area contributed by atoms with E-state index in [4.69, 9.17) is 14.9 Å². The summed E-state index contributed by atoms with van der Waals surface area (Å²) in [5.74, 6) is -1.49. The van der Waals surface area contributed by atoms with Crippen LogP contribution in [0.3, 0.4) is 0 Å². The quantitative estimate of drug-likeness (QED) is 0.346. The Balaban J connectivity index is -0.000000162. The van der Waals surface area contributed by atoms with E-state index in [9.17, 15) is 14.4 Å². The number of aliphatic hydroxyl groups is 2. The SMILES string of the molecule is C.C.CC1OC(=O)C(C)OC1=O.CCCCCO.CCCCCOC(=O)C(C)O. The monoisotopic (exact) mass is 424 g/mol. The van der Waals surface area contributed by atoms with E-state index in [1.807, 2.05) is 0 Å². The van der Waals surface area contributed by atoms with Gasteiger partial charge in [0.25, 0.3) is 0 Å². The van der Waals surface area contributed by atoms with E-state index < -0.39 is 36.2 Å². The van der Waals surface area contributed by atoms with Gasteiger partial charge >= 0.3 is 17.9 Å². The third kappa shape index (κ3) is 20.9. The zero-order valence-corrected chi connectivity index (χ0v) is 17.2. The minimum atomic E-state index is -0.989. The maximum atomic E-state index is 10.7. The Morgan fingerprint density at radius 2 is 1.38 bits per heavy atom. The van der Waals surface area contributed by atoms with Gasteiger partial charge in [-0.15, -0.1) is 0 Å². The Labute approximate surface area is 176 Å². The average molecular weight is 425 g/mol. The van der Waals surface area contributed by atoms with Crippen molar-refractivity contribution in [3.8, 4) is 0 Å². The van der Waals surface area contributed by atoms with Crippen molar-refractivity contribution in [2.75, 3.05) is 13.2 Å². The van der Waals surface area contributed by atoms with Crippen LogP contribution in [0.25, 0.3) is 0 Å². The van der Waals surface area contributed by atoms with Gasteiger partial charge in [0.05, 0.1) is 6.61 Å². The molecular weight excluding hydrogens is 380 g/mol. The molecule has 3 atom stereocenters. The summed E-state index contributed by atoms with van der Waals surface area (Å²) in [5, 5.41) is 16.9. The minimum absolute atomic E-state index is 0. The van der Waals surface area contributed by atoms with E-state index in [-0.39, 0.29) is 14.9 Å². The zero-order valence-electron chi connectivity index (χ0n) is 17.2. The van der Waals surface area contributed by atoms with Gasteiger partial charge in [0.15, 0.2) is 12.2 Å². The number of hydrogen-bond acceptors (Lipinski definition) is 8. The zero-order chi connectivity index (χ0) is 21.2. The van der Waals surface area contributed by atoms with E-state index in [1.165, 1.54) is 27.2 Å². The molecule has 0 amide bonds. The number of ether oxygens (including phenoxy) is 3. The normalized spacial score (nSPS) is 18.0. The van der Waals surface area contributed by atoms with Crippen molar-refractivity contribution in [3.63, 3.8) is 0 Å². The van der Waals surface area contributed by atoms with Crippen LogP contribution in [0.15, 0.2) is 0 Å². The van der Waals surface area contributed by atoms with Crippen LogP contribution in [0.4, 0.5) is 0 Å². The van der Waals surface area contributed by atoms with Gasteiger partial charge in [0, 0.05) is 6.61 Å². The molecule has 2 N–H and O–H groups in total. The number of rotatable bonds is 8. The Morgan fingerprint density at radius 3 is 1.69 bits per heavy atom. The van der Waals surface area contributed by atoms with Gasteiger partial charge in [-0.1, -0.05) is 54.4 Å². The second-order valence-electron chi connectivity index (χ2n) is 6.14. The summed E-state index contributed by atoms with van der Waals surface area (Å²) in [6.07, 6.45) is 3.89. The van der Waals surface area contributed by atoms with Crippen molar-refractivity contribution >= 4 is 17.9 Å². The van der Waals surface area contributed by atoms with Crippen LogP contribution in [0, 0.1) is 0 Å².